The lowest BCUT2D eigenvalue weighted by atomic mass is 10.1. The summed E-state index contributed by atoms with van der Waals surface area (Å²) in [5, 5.41) is 8.31. The van der Waals surface area contributed by atoms with Crippen molar-refractivity contribution in [2.75, 3.05) is 0 Å². The van der Waals surface area contributed by atoms with Crippen LogP contribution >= 0.6 is 11.3 Å². The summed E-state index contributed by atoms with van der Waals surface area (Å²) < 4.78 is 4.81. The molecule has 0 saturated carbocycles. The van der Waals surface area contributed by atoms with Crippen LogP contribution in [0.5, 0.6) is 0 Å². The van der Waals surface area contributed by atoms with Crippen molar-refractivity contribution >= 4 is 17.2 Å². The molecule has 3 rings (SSSR count). The molecule has 20 heavy (non-hydrogen) atoms. The lowest BCUT2D eigenvalue weighted by Gasteiger charge is -2.07. The zero-order chi connectivity index (χ0) is 13.8. The van der Waals surface area contributed by atoms with Crippen molar-refractivity contribution in [3.8, 4) is 10.6 Å². The van der Waals surface area contributed by atoms with Gasteiger partial charge in [0.25, 0.3) is 5.91 Å². The van der Waals surface area contributed by atoms with Crippen molar-refractivity contribution < 1.29 is 9.32 Å². The van der Waals surface area contributed by atoms with E-state index in [9.17, 15) is 4.79 Å². The van der Waals surface area contributed by atoms with Gasteiger partial charge in [0.15, 0.2) is 0 Å². The molecule has 3 aromatic heterocycles. The zero-order valence-electron chi connectivity index (χ0n) is 10.4. The lowest BCUT2D eigenvalue weighted by Crippen LogP contribution is -2.22. The van der Waals surface area contributed by atoms with Gasteiger partial charge in [-0.25, -0.2) is 0 Å². The second kappa shape index (κ2) is 5.66. The van der Waals surface area contributed by atoms with Crippen molar-refractivity contribution in [3.05, 3.63) is 59.4 Å². The average molecular weight is 285 g/mol. The number of pyridine rings is 1. The normalized spacial score (nSPS) is 10.4. The van der Waals surface area contributed by atoms with Gasteiger partial charge in [-0.05, 0) is 23.1 Å². The summed E-state index contributed by atoms with van der Waals surface area (Å²) in [4.78, 5) is 17.3. The maximum atomic E-state index is 11.8. The summed E-state index contributed by atoms with van der Waals surface area (Å²) >= 11 is 1.62. The van der Waals surface area contributed by atoms with E-state index in [-0.39, 0.29) is 11.7 Å². The Labute approximate surface area is 119 Å². The summed E-state index contributed by atoms with van der Waals surface area (Å²) in [7, 11) is 0. The van der Waals surface area contributed by atoms with Gasteiger partial charge in [-0.2, -0.15) is 0 Å². The Balaban J connectivity index is 1.77. The van der Waals surface area contributed by atoms with Crippen molar-refractivity contribution in [1.29, 1.82) is 0 Å². The van der Waals surface area contributed by atoms with E-state index in [1.165, 1.54) is 12.3 Å². The molecule has 0 aliphatic carbocycles. The van der Waals surface area contributed by atoms with Crippen molar-refractivity contribution in [3.63, 3.8) is 0 Å². The highest BCUT2D eigenvalue weighted by Crippen LogP contribution is 2.25. The second-order valence-corrected chi connectivity index (χ2v) is 5.00. The highest BCUT2D eigenvalue weighted by atomic mass is 32.1. The number of hydrogen-bond acceptors (Lipinski definition) is 5. The van der Waals surface area contributed by atoms with Gasteiger partial charge in [-0.3, -0.25) is 9.78 Å². The quantitative estimate of drug-likeness (QED) is 0.800. The van der Waals surface area contributed by atoms with Crippen LogP contribution in [0.4, 0.5) is 0 Å². The van der Waals surface area contributed by atoms with E-state index >= 15 is 0 Å². The molecule has 0 aromatic carbocycles. The van der Waals surface area contributed by atoms with E-state index in [2.05, 4.69) is 15.5 Å². The van der Waals surface area contributed by atoms with Crippen LogP contribution in [-0.2, 0) is 6.54 Å². The number of thiophene rings is 1. The van der Waals surface area contributed by atoms with Crippen LogP contribution in [0.15, 0.2) is 52.6 Å². The van der Waals surface area contributed by atoms with Gasteiger partial charge in [0.2, 0.25) is 5.76 Å². The first-order valence-corrected chi connectivity index (χ1v) is 6.89. The molecule has 0 unspecified atom stereocenters. The molecule has 0 radical (unpaired) electrons. The highest BCUT2D eigenvalue weighted by molar-refractivity contribution is 7.13. The number of nitrogens with one attached hydrogen (secondary N) is 1. The Morgan fingerprint density at radius 3 is 2.95 bits per heavy atom. The molecule has 0 saturated heterocycles. The predicted molar refractivity (Wildman–Crippen MR) is 75.2 cm³/mol. The fraction of sp³-hybridized carbons (Fsp3) is 0.0714. The maximum Gasteiger partial charge on any atom is 0.290 e. The van der Waals surface area contributed by atoms with E-state index in [0.717, 1.165) is 16.1 Å². The van der Waals surface area contributed by atoms with Gasteiger partial charge >= 0.3 is 0 Å². The van der Waals surface area contributed by atoms with Crippen LogP contribution in [0.25, 0.3) is 10.6 Å². The summed E-state index contributed by atoms with van der Waals surface area (Å²) in [6.45, 7) is 0.389. The molecule has 0 spiro atoms. The van der Waals surface area contributed by atoms with Crippen LogP contribution in [-0.4, -0.2) is 16.0 Å². The third-order valence-electron chi connectivity index (χ3n) is 2.75. The minimum atomic E-state index is -0.288. The first-order chi connectivity index (χ1) is 9.84. The molecule has 1 N–H and O–H groups in total. The standard InChI is InChI=1S/C14H11N3O2S/c18-14(11-5-7-17-19-11)16-9-10-3-1-6-15-13(10)12-4-2-8-20-12/h1-8H,9H2,(H,16,18). The molecular formula is C14H11N3O2S. The summed E-state index contributed by atoms with van der Waals surface area (Å²) in [5.74, 6) is -0.0879. The van der Waals surface area contributed by atoms with E-state index in [4.69, 9.17) is 4.52 Å². The van der Waals surface area contributed by atoms with Crippen LogP contribution < -0.4 is 5.32 Å². The summed E-state index contributed by atoms with van der Waals surface area (Å²) in [6, 6.07) is 9.31. The van der Waals surface area contributed by atoms with E-state index in [1.54, 1.807) is 17.5 Å². The van der Waals surface area contributed by atoms with Crippen LogP contribution in [0.1, 0.15) is 16.1 Å². The van der Waals surface area contributed by atoms with Gasteiger partial charge in [-0.15, -0.1) is 11.3 Å². The number of carbonyl (C=O) groups excluding carboxylic acids is 1. The maximum absolute atomic E-state index is 11.8. The number of hydrogen-bond donors (Lipinski definition) is 1. The molecule has 0 fully saturated rings. The van der Waals surface area contributed by atoms with Gasteiger partial charge in [0, 0.05) is 18.8 Å². The number of aromatic nitrogens is 2. The summed E-state index contributed by atoms with van der Waals surface area (Å²) in [6.07, 6.45) is 3.19. The minimum Gasteiger partial charge on any atom is -0.351 e. The Morgan fingerprint density at radius 1 is 1.25 bits per heavy atom. The Hall–Kier alpha value is -2.47. The molecule has 0 aliphatic heterocycles. The number of carbonyl (C=O) groups is 1. The Bertz CT molecular complexity index is 693. The smallest absolute Gasteiger partial charge is 0.290 e. The third-order valence-corrected chi connectivity index (χ3v) is 3.62. The molecule has 0 aliphatic rings. The molecule has 6 heteroatoms. The van der Waals surface area contributed by atoms with E-state index in [0.29, 0.717) is 6.54 Å². The molecule has 0 atom stereocenters. The fourth-order valence-corrected chi connectivity index (χ4v) is 2.57. The van der Waals surface area contributed by atoms with Gasteiger partial charge in [0.05, 0.1) is 16.8 Å². The topological polar surface area (TPSA) is 68.0 Å². The average Bonchev–Trinajstić information content (AvgIpc) is 3.17. The molecule has 100 valence electrons. The minimum absolute atomic E-state index is 0.201. The van der Waals surface area contributed by atoms with E-state index < -0.39 is 0 Å². The first kappa shape index (κ1) is 12.6. The second-order valence-electron chi connectivity index (χ2n) is 4.05. The molecular weight excluding hydrogens is 274 g/mol. The van der Waals surface area contributed by atoms with Gasteiger partial charge < -0.3 is 9.84 Å². The van der Waals surface area contributed by atoms with Crippen molar-refractivity contribution in [2.45, 2.75) is 6.54 Å². The number of rotatable bonds is 4. The largest absolute Gasteiger partial charge is 0.351 e. The molecule has 5 nitrogen and oxygen atoms in total. The first-order valence-electron chi connectivity index (χ1n) is 6.01. The molecule has 1 amide bonds. The number of amides is 1. The van der Waals surface area contributed by atoms with Crippen LogP contribution in [0.3, 0.4) is 0 Å². The Morgan fingerprint density at radius 2 is 2.20 bits per heavy atom. The summed E-state index contributed by atoms with van der Waals surface area (Å²) in [5.41, 5.74) is 1.85. The van der Waals surface area contributed by atoms with Crippen LogP contribution in [0.2, 0.25) is 0 Å². The zero-order valence-corrected chi connectivity index (χ0v) is 11.3. The highest BCUT2D eigenvalue weighted by Gasteiger charge is 2.11. The van der Waals surface area contributed by atoms with Crippen LogP contribution in [0, 0.1) is 0 Å². The fourth-order valence-electron chi connectivity index (χ4n) is 1.81. The van der Waals surface area contributed by atoms with Gasteiger partial charge in [0.1, 0.15) is 0 Å². The number of nitrogens with zero attached hydrogens (tertiary/aromatic N) is 2. The predicted octanol–water partition coefficient (Wildman–Crippen LogP) is 2.73. The third kappa shape index (κ3) is 2.60. The SMILES string of the molecule is O=C(NCc1cccnc1-c1cccs1)c1ccno1. The van der Waals surface area contributed by atoms with E-state index in [1.807, 2.05) is 29.6 Å². The van der Waals surface area contributed by atoms with Gasteiger partial charge in [-0.1, -0.05) is 17.3 Å². The van der Waals surface area contributed by atoms with Crippen molar-refractivity contribution in [1.82, 2.24) is 15.5 Å². The molecule has 3 heterocycles. The lowest BCUT2D eigenvalue weighted by molar-refractivity contribution is 0.0914. The molecule has 0 bridgehead atoms. The Kier molecular flexibility index (Phi) is 3.56. The van der Waals surface area contributed by atoms with Crippen molar-refractivity contribution in [2.24, 2.45) is 0 Å². The molecule has 3 aromatic rings. The monoisotopic (exact) mass is 285 g/mol.